The quantitative estimate of drug-likeness (QED) is 0.258. The van der Waals surface area contributed by atoms with Crippen LogP contribution in [0, 0.1) is 20.2 Å². The molecule has 0 bridgehead atoms. The molecule has 0 aliphatic heterocycles. The van der Waals surface area contributed by atoms with Crippen molar-refractivity contribution < 1.29 is 32.5 Å². The van der Waals surface area contributed by atoms with Crippen molar-refractivity contribution in [1.82, 2.24) is 0 Å². The normalized spacial score (nSPS) is 10.7. The monoisotopic (exact) mass is 342 g/mol. The predicted molar refractivity (Wildman–Crippen MR) is 71.2 cm³/mol. The van der Waals surface area contributed by atoms with Gasteiger partial charge in [0.05, 0.1) is 22.0 Å². The van der Waals surface area contributed by atoms with E-state index in [1.807, 2.05) is 0 Å². The van der Waals surface area contributed by atoms with Gasteiger partial charge in [0.25, 0.3) is 5.75 Å². The maximum absolute atomic E-state index is 10.6. The van der Waals surface area contributed by atoms with E-state index in [2.05, 4.69) is 0 Å². The molecule has 0 aromatic heterocycles. The SMILES string of the molecule is C[S+](C)c1cc([N+](=O)[O-])c(O)c([N+](=O)[O-])c1.O=S(=O)([O-])O. The summed E-state index contributed by atoms with van der Waals surface area (Å²) in [6, 6.07) is 2.32. The van der Waals surface area contributed by atoms with Gasteiger partial charge in [0.1, 0.15) is 12.5 Å². The number of hydrogen-bond acceptors (Lipinski definition) is 8. The van der Waals surface area contributed by atoms with Gasteiger partial charge in [-0.05, 0) is 0 Å². The maximum Gasteiger partial charge on any atom is 0.323 e. The number of benzene rings is 1. The molecule has 11 nitrogen and oxygen atoms in total. The summed E-state index contributed by atoms with van der Waals surface area (Å²) in [5.74, 6) is -0.899. The molecule has 118 valence electrons. The van der Waals surface area contributed by atoms with Gasteiger partial charge in [0, 0.05) is 10.9 Å². The molecule has 0 spiro atoms. The number of hydrogen-bond donors (Lipinski definition) is 2. The van der Waals surface area contributed by atoms with Crippen LogP contribution >= 0.6 is 0 Å². The Morgan fingerprint density at radius 1 is 1.10 bits per heavy atom. The van der Waals surface area contributed by atoms with Crippen LogP contribution in [0.4, 0.5) is 11.4 Å². The topological polar surface area (TPSA) is 184 Å². The molecule has 0 saturated carbocycles. The number of aromatic hydroxyl groups is 1. The Bertz CT molecular complexity index is 613. The van der Waals surface area contributed by atoms with Crippen molar-refractivity contribution in [3.05, 3.63) is 32.4 Å². The van der Waals surface area contributed by atoms with E-state index in [-0.39, 0.29) is 10.9 Å². The summed E-state index contributed by atoms with van der Waals surface area (Å²) in [5, 5.41) is 30.6. The molecule has 0 radical (unpaired) electrons. The molecule has 0 fully saturated rings. The minimum absolute atomic E-state index is 0.361. The first-order valence-corrected chi connectivity index (χ1v) is 8.17. The van der Waals surface area contributed by atoms with Crippen molar-refractivity contribution in [3.63, 3.8) is 0 Å². The Labute approximate surface area is 121 Å². The van der Waals surface area contributed by atoms with Crippen LogP contribution in [0.2, 0.25) is 0 Å². The summed E-state index contributed by atoms with van der Waals surface area (Å²) < 4.78 is 32.8. The van der Waals surface area contributed by atoms with Crippen molar-refractivity contribution in [2.24, 2.45) is 0 Å². The summed E-state index contributed by atoms with van der Waals surface area (Å²) in [6.07, 6.45) is 3.56. The van der Waals surface area contributed by atoms with Crippen LogP contribution in [0.3, 0.4) is 0 Å². The molecule has 1 aromatic rings. The highest BCUT2D eigenvalue weighted by molar-refractivity contribution is 7.95. The van der Waals surface area contributed by atoms with E-state index in [1.165, 1.54) is 0 Å². The van der Waals surface area contributed by atoms with Gasteiger partial charge in [0.2, 0.25) is 10.4 Å². The van der Waals surface area contributed by atoms with Crippen molar-refractivity contribution in [3.8, 4) is 5.75 Å². The molecule has 0 unspecified atom stereocenters. The number of phenols is 1. The molecule has 0 aliphatic carbocycles. The summed E-state index contributed by atoms with van der Waals surface area (Å²) in [5.41, 5.74) is -1.27. The Morgan fingerprint density at radius 2 is 1.38 bits per heavy atom. The fraction of sp³-hybridized carbons (Fsp3) is 0.250. The van der Waals surface area contributed by atoms with Gasteiger partial charge in [-0.25, -0.2) is 8.42 Å². The van der Waals surface area contributed by atoms with Gasteiger partial charge in [-0.15, -0.1) is 0 Å². The Hall–Kier alpha value is -1.96. The van der Waals surface area contributed by atoms with Crippen molar-refractivity contribution in [2.45, 2.75) is 4.90 Å². The van der Waals surface area contributed by atoms with Gasteiger partial charge in [-0.2, -0.15) is 0 Å². The smallest absolute Gasteiger partial charge is 0.323 e. The molecular formula is C8H10N2O9S2. The second-order valence-corrected chi connectivity index (χ2v) is 6.53. The maximum atomic E-state index is 10.6. The summed E-state index contributed by atoms with van der Waals surface area (Å²) in [7, 11) is -5.28. The van der Waals surface area contributed by atoms with E-state index in [4.69, 9.17) is 17.5 Å². The van der Waals surface area contributed by atoms with Crippen LogP contribution < -0.4 is 0 Å². The van der Waals surface area contributed by atoms with Crippen molar-refractivity contribution in [1.29, 1.82) is 0 Å². The van der Waals surface area contributed by atoms with Gasteiger partial charge in [-0.3, -0.25) is 24.8 Å². The standard InChI is InChI=1S/C8H8N2O5S.H2O4S/c1-16(2)5-3-6(9(12)13)8(11)7(4-5)10(14)15;1-5(2,3)4/h3-4H,1-2H3;(H2,1,2,3,4). The fourth-order valence-corrected chi connectivity index (χ4v) is 1.79. The van der Waals surface area contributed by atoms with E-state index >= 15 is 0 Å². The van der Waals surface area contributed by atoms with Gasteiger partial charge in [-0.1, -0.05) is 0 Å². The van der Waals surface area contributed by atoms with Crippen LogP contribution in [0.15, 0.2) is 17.0 Å². The molecule has 1 rings (SSSR count). The lowest BCUT2D eigenvalue weighted by atomic mass is 10.2. The highest BCUT2D eigenvalue weighted by Crippen LogP contribution is 2.37. The second kappa shape index (κ2) is 7.16. The van der Waals surface area contributed by atoms with Gasteiger partial charge in [0.15, 0.2) is 4.90 Å². The Kier molecular flexibility index (Phi) is 6.50. The van der Waals surface area contributed by atoms with Crippen LogP contribution in [0.1, 0.15) is 0 Å². The number of rotatable bonds is 3. The first kappa shape index (κ1) is 19.0. The molecular weight excluding hydrogens is 332 g/mol. The minimum Gasteiger partial charge on any atom is -0.726 e. The first-order chi connectivity index (χ1) is 9.34. The zero-order valence-electron chi connectivity index (χ0n) is 10.6. The van der Waals surface area contributed by atoms with E-state index < -0.39 is 37.4 Å². The molecule has 0 amide bonds. The number of nitro benzene ring substituents is 2. The van der Waals surface area contributed by atoms with Crippen LogP contribution in [-0.4, -0.2) is 45.0 Å². The lowest BCUT2D eigenvalue weighted by Crippen LogP contribution is -2.01. The van der Waals surface area contributed by atoms with E-state index in [9.17, 15) is 25.3 Å². The molecule has 1 aromatic carbocycles. The highest BCUT2D eigenvalue weighted by Gasteiger charge is 2.29. The Balaban J connectivity index is 0.000000690. The third-order valence-electron chi connectivity index (χ3n) is 1.91. The highest BCUT2D eigenvalue weighted by atomic mass is 32.3. The first-order valence-electron chi connectivity index (χ1n) is 4.76. The second-order valence-electron chi connectivity index (χ2n) is 3.57. The zero-order chi connectivity index (χ0) is 17.0. The molecule has 0 aliphatic rings. The van der Waals surface area contributed by atoms with E-state index in [0.29, 0.717) is 4.90 Å². The van der Waals surface area contributed by atoms with E-state index in [1.54, 1.807) is 12.5 Å². The lowest BCUT2D eigenvalue weighted by Gasteiger charge is -2.00. The summed E-state index contributed by atoms with van der Waals surface area (Å²) >= 11 is 0. The minimum atomic E-state index is -4.92. The largest absolute Gasteiger partial charge is 0.726 e. The third-order valence-corrected chi connectivity index (χ3v) is 3.09. The molecule has 0 atom stereocenters. The van der Waals surface area contributed by atoms with Crippen molar-refractivity contribution in [2.75, 3.05) is 12.5 Å². The van der Waals surface area contributed by atoms with Gasteiger partial charge >= 0.3 is 11.4 Å². The number of phenolic OH excluding ortho intramolecular Hbond substituents is 1. The Morgan fingerprint density at radius 3 is 1.57 bits per heavy atom. The van der Waals surface area contributed by atoms with Crippen molar-refractivity contribution >= 4 is 32.7 Å². The zero-order valence-corrected chi connectivity index (χ0v) is 12.3. The number of nitrogens with zero attached hydrogens (tertiary/aromatic N) is 2. The van der Waals surface area contributed by atoms with E-state index in [0.717, 1.165) is 12.1 Å². The third kappa shape index (κ3) is 6.84. The lowest BCUT2D eigenvalue weighted by molar-refractivity contribution is -0.396. The number of nitro groups is 2. The van der Waals surface area contributed by atoms with Gasteiger partial charge < -0.3 is 9.66 Å². The average Bonchev–Trinajstić information content (AvgIpc) is 2.25. The summed E-state index contributed by atoms with van der Waals surface area (Å²) in [4.78, 5) is 20.0. The molecule has 0 saturated heterocycles. The van der Waals surface area contributed by atoms with Crippen LogP contribution in [0.5, 0.6) is 5.75 Å². The average molecular weight is 342 g/mol. The van der Waals surface area contributed by atoms with Crippen LogP contribution in [-0.2, 0) is 21.3 Å². The van der Waals surface area contributed by atoms with Crippen LogP contribution in [0.25, 0.3) is 0 Å². The molecule has 21 heavy (non-hydrogen) atoms. The fourth-order valence-electron chi connectivity index (χ4n) is 1.09. The molecule has 0 heterocycles. The predicted octanol–water partition coefficient (Wildman–Crippen LogP) is 0.450. The molecule has 13 heteroatoms. The molecule has 2 N–H and O–H groups in total. The summed E-state index contributed by atoms with van der Waals surface area (Å²) in [6.45, 7) is 0.